The molecule has 1 heterocycles. The Bertz CT molecular complexity index is 3650. The molecule has 1 spiro atoms. The van der Waals surface area contributed by atoms with E-state index in [0.717, 1.165) is 62.8 Å². The van der Waals surface area contributed by atoms with Crippen molar-refractivity contribution in [2.45, 2.75) is 37.5 Å². The Labute approximate surface area is 373 Å². The van der Waals surface area contributed by atoms with Crippen LogP contribution in [0.2, 0.25) is 0 Å². The summed E-state index contributed by atoms with van der Waals surface area (Å²) in [4.78, 5) is 2.49. The topological polar surface area (TPSA) is 16.4 Å². The SMILES string of the molecule is CC1(C)C2=C(C=CCC2)c2ccc(N(c3ccc4c(c3)C3(c5ccccc5-c5ccccc53)c3ccccc3-4)c3ccc(-c4ccccc4)c4c3oc3c5ccccc5ccc34)cc21. The molecular weight excluding hydrogens is 775 g/mol. The highest BCUT2D eigenvalue weighted by Crippen LogP contribution is 2.64. The van der Waals surface area contributed by atoms with Crippen LogP contribution in [0.5, 0.6) is 0 Å². The van der Waals surface area contributed by atoms with E-state index in [4.69, 9.17) is 4.42 Å². The smallest absolute Gasteiger partial charge is 0.160 e. The molecule has 4 aliphatic rings. The fourth-order valence-corrected chi connectivity index (χ4v) is 12.4. The molecule has 4 aliphatic carbocycles. The highest BCUT2D eigenvalue weighted by molar-refractivity contribution is 6.22. The van der Waals surface area contributed by atoms with Crippen molar-refractivity contribution in [1.82, 2.24) is 0 Å². The number of hydrogen-bond acceptors (Lipinski definition) is 2. The van der Waals surface area contributed by atoms with Gasteiger partial charge < -0.3 is 9.32 Å². The lowest BCUT2D eigenvalue weighted by Crippen LogP contribution is -2.26. The van der Waals surface area contributed by atoms with Gasteiger partial charge in [0.05, 0.1) is 11.1 Å². The average Bonchev–Trinajstić information content (AvgIpc) is 4.05. The number of allylic oxidation sites excluding steroid dienone is 4. The maximum atomic E-state index is 7.36. The highest BCUT2D eigenvalue weighted by atomic mass is 16.3. The van der Waals surface area contributed by atoms with Crippen molar-refractivity contribution in [2.75, 3.05) is 4.90 Å². The molecule has 0 saturated carbocycles. The largest absolute Gasteiger partial charge is 0.453 e. The average molecular weight is 818 g/mol. The molecule has 0 aliphatic heterocycles. The summed E-state index contributed by atoms with van der Waals surface area (Å²) in [5, 5.41) is 4.53. The Hall–Kier alpha value is -7.68. The third kappa shape index (κ3) is 4.60. The van der Waals surface area contributed by atoms with Crippen molar-refractivity contribution in [3.05, 3.63) is 239 Å². The van der Waals surface area contributed by atoms with E-state index in [9.17, 15) is 0 Å². The van der Waals surface area contributed by atoms with Crippen LogP contribution in [0.15, 0.2) is 210 Å². The Morgan fingerprint density at radius 3 is 1.78 bits per heavy atom. The maximum absolute atomic E-state index is 7.36. The minimum absolute atomic E-state index is 0.0945. The first-order chi connectivity index (χ1) is 31.5. The Morgan fingerprint density at radius 2 is 1.06 bits per heavy atom. The molecule has 0 fully saturated rings. The van der Waals surface area contributed by atoms with Crippen LogP contribution in [0.25, 0.3) is 71.7 Å². The molecule has 1 aromatic heterocycles. The molecule has 14 rings (SSSR count). The second kappa shape index (κ2) is 12.9. The summed E-state index contributed by atoms with van der Waals surface area (Å²) in [6.45, 7) is 4.84. The van der Waals surface area contributed by atoms with Gasteiger partial charge in [0.1, 0.15) is 5.58 Å². The zero-order chi connectivity index (χ0) is 42.3. The second-order valence-electron chi connectivity index (χ2n) is 18.6. The standard InChI is InChI=1S/C62H43NO/c1-61(2)51-24-12-8-20-44(51)48-32-29-40(36-55(48)61)63(57-35-34-42(38-16-4-3-5-17-38)58-50-31-28-39-18-6-7-19-43(39)59(50)64-60(57)58)41-30-33-49-47-23-11-15-27-54(47)62(56(49)37-41)52-25-13-9-21-45(52)46-22-10-14-26-53(46)62/h3-11,13-23,25-37H,12,24H2,1-2H3. The third-order valence-electron chi connectivity index (χ3n) is 15.2. The van der Waals surface area contributed by atoms with Crippen LogP contribution in [0.4, 0.5) is 17.1 Å². The van der Waals surface area contributed by atoms with Gasteiger partial charge in [0.25, 0.3) is 0 Å². The van der Waals surface area contributed by atoms with Gasteiger partial charge in [-0.1, -0.05) is 183 Å². The number of benzene rings is 9. The summed E-state index contributed by atoms with van der Waals surface area (Å²) in [5.41, 5.74) is 23.0. The van der Waals surface area contributed by atoms with Crippen LogP contribution < -0.4 is 4.90 Å². The van der Waals surface area contributed by atoms with Gasteiger partial charge in [-0.25, -0.2) is 0 Å². The fraction of sp³-hybridized carbons (Fsp3) is 0.0968. The van der Waals surface area contributed by atoms with E-state index in [-0.39, 0.29) is 5.41 Å². The molecule has 0 amide bonds. The monoisotopic (exact) mass is 817 g/mol. The Kier molecular flexibility index (Phi) is 7.25. The van der Waals surface area contributed by atoms with Crippen molar-refractivity contribution in [2.24, 2.45) is 0 Å². The maximum Gasteiger partial charge on any atom is 0.160 e. The van der Waals surface area contributed by atoms with Crippen LogP contribution in [-0.2, 0) is 10.8 Å². The lowest BCUT2D eigenvalue weighted by Gasteiger charge is -2.32. The first-order valence-electron chi connectivity index (χ1n) is 22.7. The van der Waals surface area contributed by atoms with E-state index in [1.54, 1.807) is 5.57 Å². The van der Waals surface area contributed by atoms with Crippen molar-refractivity contribution < 1.29 is 4.42 Å². The predicted molar refractivity (Wildman–Crippen MR) is 266 cm³/mol. The molecule has 2 heteroatoms. The first kappa shape index (κ1) is 35.9. The Balaban J connectivity index is 1.08. The predicted octanol–water partition coefficient (Wildman–Crippen LogP) is 16.6. The van der Waals surface area contributed by atoms with E-state index in [0.29, 0.717) is 0 Å². The minimum Gasteiger partial charge on any atom is -0.453 e. The minimum atomic E-state index is -0.471. The highest BCUT2D eigenvalue weighted by Gasteiger charge is 2.51. The zero-order valence-electron chi connectivity index (χ0n) is 35.8. The van der Waals surface area contributed by atoms with Crippen LogP contribution in [0.1, 0.15) is 60.1 Å². The molecular formula is C62H43NO. The van der Waals surface area contributed by atoms with E-state index >= 15 is 0 Å². The summed E-state index contributed by atoms with van der Waals surface area (Å²) in [5.74, 6) is 0. The van der Waals surface area contributed by atoms with Crippen LogP contribution >= 0.6 is 0 Å². The molecule has 0 N–H and O–H groups in total. The van der Waals surface area contributed by atoms with Gasteiger partial charge in [-0.05, 0) is 127 Å². The molecule has 64 heavy (non-hydrogen) atoms. The number of anilines is 3. The van der Waals surface area contributed by atoms with Crippen molar-refractivity contribution in [3.63, 3.8) is 0 Å². The quantitative estimate of drug-likeness (QED) is 0.176. The van der Waals surface area contributed by atoms with Gasteiger partial charge in [-0.3, -0.25) is 0 Å². The molecule has 0 saturated heterocycles. The summed E-state index contributed by atoms with van der Waals surface area (Å²) >= 11 is 0. The lowest BCUT2D eigenvalue weighted by atomic mass is 9.70. The van der Waals surface area contributed by atoms with E-state index in [1.807, 2.05) is 0 Å². The molecule has 0 radical (unpaired) electrons. The van der Waals surface area contributed by atoms with E-state index in [2.05, 4.69) is 219 Å². The van der Waals surface area contributed by atoms with Gasteiger partial charge in [0, 0.05) is 32.9 Å². The van der Waals surface area contributed by atoms with Crippen molar-refractivity contribution in [3.8, 4) is 33.4 Å². The number of nitrogens with zero attached hydrogens (tertiary/aromatic N) is 1. The summed E-state index contributed by atoms with van der Waals surface area (Å²) in [6.07, 6.45) is 6.90. The number of furan rings is 1. The molecule has 9 aromatic carbocycles. The van der Waals surface area contributed by atoms with Crippen LogP contribution in [-0.4, -0.2) is 0 Å². The normalized spacial score (nSPS) is 15.7. The molecule has 0 bridgehead atoms. The van der Waals surface area contributed by atoms with Gasteiger partial charge in [-0.2, -0.15) is 0 Å². The van der Waals surface area contributed by atoms with Crippen molar-refractivity contribution >= 4 is 55.3 Å². The summed E-state index contributed by atoms with van der Waals surface area (Å²) < 4.78 is 7.36. The molecule has 10 aromatic rings. The van der Waals surface area contributed by atoms with E-state index in [1.165, 1.54) is 72.2 Å². The number of rotatable bonds is 4. The molecule has 0 atom stereocenters. The molecule has 302 valence electrons. The first-order valence-corrected chi connectivity index (χ1v) is 22.7. The Morgan fingerprint density at radius 1 is 0.469 bits per heavy atom. The third-order valence-corrected chi connectivity index (χ3v) is 15.2. The van der Waals surface area contributed by atoms with E-state index < -0.39 is 5.41 Å². The van der Waals surface area contributed by atoms with Gasteiger partial charge in [0.2, 0.25) is 0 Å². The number of fused-ring (bicyclic) bond motifs is 17. The second-order valence-corrected chi connectivity index (χ2v) is 18.6. The fourth-order valence-electron chi connectivity index (χ4n) is 12.4. The van der Waals surface area contributed by atoms with Gasteiger partial charge in [0.15, 0.2) is 5.58 Å². The van der Waals surface area contributed by atoms with Crippen LogP contribution in [0, 0.1) is 0 Å². The molecule has 0 unspecified atom stereocenters. The van der Waals surface area contributed by atoms with Gasteiger partial charge >= 0.3 is 0 Å². The van der Waals surface area contributed by atoms with Crippen LogP contribution in [0.3, 0.4) is 0 Å². The lowest BCUT2D eigenvalue weighted by molar-refractivity contribution is 0.607. The van der Waals surface area contributed by atoms with Gasteiger partial charge in [-0.15, -0.1) is 0 Å². The summed E-state index contributed by atoms with van der Waals surface area (Å²) in [6, 6.07) is 70.2. The zero-order valence-corrected chi connectivity index (χ0v) is 35.8. The molecule has 2 nitrogen and oxygen atoms in total. The summed E-state index contributed by atoms with van der Waals surface area (Å²) in [7, 11) is 0. The van der Waals surface area contributed by atoms with Crippen molar-refractivity contribution in [1.29, 1.82) is 0 Å². The number of hydrogen-bond donors (Lipinski definition) is 0.